The minimum Gasteiger partial charge on any atom is -0.444 e. The first-order valence-corrected chi connectivity index (χ1v) is 8.09. The number of hydrogen-bond acceptors (Lipinski definition) is 4. The summed E-state index contributed by atoms with van der Waals surface area (Å²) < 4.78 is 10.8. The van der Waals surface area contributed by atoms with Gasteiger partial charge in [0.2, 0.25) is 0 Å². The predicted octanol–water partition coefficient (Wildman–Crippen LogP) is 3.28. The summed E-state index contributed by atoms with van der Waals surface area (Å²) >= 11 is 0. The zero-order chi connectivity index (χ0) is 17.6. The van der Waals surface area contributed by atoms with Crippen LogP contribution in [0, 0.1) is 5.92 Å². The van der Waals surface area contributed by atoms with Crippen molar-refractivity contribution in [3.8, 4) is 0 Å². The number of nitrogens with one attached hydrogen (secondary N) is 1. The third-order valence-corrected chi connectivity index (χ3v) is 3.46. The topological polar surface area (TPSA) is 50.8 Å². The van der Waals surface area contributed by atoms with Crippen LogP contribution in [-0.2, 0) is 9.47 Å². The summed E-state index contributed by atoms with van der Waals surface area (Å²) in [6.45, 7) is 15.6. The van der Waals surface area contributed by atoms with Crippen molar-refractivity contribution in [3.05, 3.63) is 0 Å². The molecule has 1 amide bonds. The van der Waals surface area contributed by atoms with Crippen LogP contribution in [-0.4, -0.2) is 55.5 Å². The Kier molecular flexibility index (Phi) is 8.40. The van der Waals surface area contributed by atoms with Gasteiger partial charge in [-0.1, -0.05) is 6.92 Å². The molecular formula is C17H36N2O3. The van der Waals surface area contributed by atoms with Crippen molar-refractivity contribution in [3.63, 3.8) is 0 Å². The van der Waals surface area contributed by atoms with E-state index in [-0.39, 0.29) is 11.7 Å². The van der Waals surface area contributed by atoms with Crippen molar-refractivity contribution in [2.75, 3.05) is 27.2 Å². The van der Waals surface area contributed by atoms with Crippen LogP contribution >= 0.6 is 0 Å². The zero-order valence-corrected chi connectivity index (χ0v) is 15.9. The smallest absolute Gasteiger partial charge is 0.410 e. The highest BCUT2D eigenvalue weighted by atomic mass is 16.6. The molecule has 0 aliphatic heterocycles. The van der Waals surface area contributed by atoms with Crippen LogP contribution in [0.15, 0.2) is 0 Å². The molecule has 0 heterocycles. The normalized spacial score (nSPS) is 15.3. The molecule has 2 atom stereocenters. The first kappa shape index (κ1) is 21.2. The first-order valence-electron chi connectivity index (χ1n) is 8.09. The van der Waals surface area contributed by atoms with Gasteiger partial charge in [0.1, 0.15) is 5.60 Å². The summed E-state index contributed by atoms with van der Waals surface area (Å²) in [7, 11) is 3.52. The number of carbonyl (C=O) groups is 1. The summed E-state index contributed by atoms with van der Waals surface area (Å²) in [5.74, 6) is 0.352. The molecule has 0 aliphatic carbocycles. The molecule has 0 saturated heterocycles. The van der Waals surface area contributed by atoms with Crippen LogP contribution < -0.4 is 5.32 Å². The lowest BCUT2D eigenvalue weighted by molar-refractivity contribution is 0.00819. The Morgan fingerprint density at radius 1 is 1.18 bits per heavy atom. The minimum absolute atomic E-state index is 0.122. The molecule has 0 spiro atoms. The van der Waals surface area contributed by atoms with Crippen molar-refractivity contribution in [1.82, 2.24) is 10.2 Å². The van der Waals surface area contributed by atoms with E-state index in [0.29, 0.717) is 18.5 Å². The summed E-state index contributed by atoms with van der Waals surface area (Å²) in [6, 6.07) is 0.365. The highest BCUT2D eigenvalue weighted by molar-refractivity contribution is 5.67. The second-order valence-electron chi connectivity index (χ2n) is 7.94. The van der Waals surface area contributed by atoms with E-state index in [1.54, 1.807) is 19.1 Å². The highest BCUT2D eigenvalue weighted by Crippen LogP contribution is 2.15. The van der Waals surface area contributed by atoms with Crippen LogP contribution in [0.25, 0.3) is 0 Å². The maximum atomic E-state index is 11.9. The number of ether oxygens (including phenoxy) is 2. The molecule has 0 saturated carbocycles. The van der Waals surface area contributed by atoms with E-state index in [9.17, 15) is 4.79 Å². The molecule has 0 aromatic carbocycles. The van der Waals surface area contributed by atoms with Gasteiger partial charge in [0.15, 0.2) is 0 Å². The van der Waals surface area contributed by atoms with Gasteiger partial charge in [-0.2, -0.15) is 0 Å². The maximum absolute atomic E-state index is 11.9. The molecule has 0 aromatic heterocycles. The number of methoxy groups -OCH3 is 1. The van der Waals surface area contributed by atoms with Crippen LogP contribution in [0.5, 0.6) is 0 Å². The Balaban J connectivity index is 4.13. The summed E-state index contributed by atoms with van der Waals surface area (Å²) in [4.78, 5) is 13.6. The summed E-state index contributed by atoms with van der Waals surface area (Å²) in [5.41, 5.74) is -0.573. The van der Waals surface area contributed by atoms with Crippen LogP contribution in [0.1, 0.15) is 54.9 Å². The molecule has 5 nitrogen and oxygen atoms in total. The standard InChI is InChI=1S/C17H36N2O3/c1-13(11-18-14(2)10-17(6,7)21-9)12-19(8)15(20)22-16(3,4)5/h13-14,18H,10-12H2,1-9H3. The fourth-order valence-corrected chi connectivity index (χ4v) is 2.24. The van der Waals surface area contributed by atoms with Gasteiger partial charge in [0, 0.05) is 26.7 Å². The van der Waals surface area contributed by atoms with Crippen LogP contribution in [0.3, 0.4) is 0 Å². The third kappa shape index (κ3) is 10.0. The average Bonchev–Trinajstić information content (AvgIpc) is 2.33. The molecule has 0 rings (SSSR count). The van der Waals surface area contributed by atoms with Gasteiger partial charge < -0.3 is 19.7 Å². The van der Waals surface area contributed by atoms with Crippen molar-refractivity contribution in [2.24, 2.45) is 5.92 Å². The molecule has 0 bridgehead atoms. The largest absolute Gasteiger partial charge is 0.444 e. The van der Waals surface area contributed by atoms with Gasteiger partial charge in [-0.15, -0.1) is 0 Å². The van der Waals surface area contributed by atoms with Crippen molar-refractivity contribution in [1.29, 1.82) is 0 Å². The Labute approximate surface area is 136 Å². The molecule has 5 heteroatoms. The van der Waals surface area contributed by atoms with E-state index in [2.05, 4.69) is 33.0 Å². The molecule has 0 aliphatic rings. The Morgan fingerprint density at radius 2 is 1.73 bits per heavy atom. The molecule has 22 heavy (non-hydrogen) atoms. The van der Waals surface area contributed by atoms with E-state index in [0.717, 1.165) is 13.0 Å². The second-order valence-corrected chi connectivity index (χ2v) is 7.94. The number of rotatable bonds is 8. The fraction of sp³-hybridized carbons (Fsp3) is 0.941. The summed E-state index contributed by atoms with van der Waals surface area (Å²) in [6.07, 6.45) is 0.672. The molecule has 1 N–H and O–H groups in total. The van der Waals surface area contributed by atoms with Crippen LogP contribution in [0.4, 0.5) is 4.79 Å². The molecule has 0 radical (unpaired) electrons. The SMILES string of the molecule is COC(C)(C)CC(C)NCC(C)CN(C)C(=O)OC(C)(C)C. The predicted molar refractivity (Wildman–Crippen MR) is 91.2 cm³/mol. The molecule has 132 valence electrons. The van der Waals surface area contributed by atoms with Crippen molar-refractivity contribution < 1.29 is 14.3 Å². The number of hydrogen-bond donors (Lipinski definition) is 1. The Hall–Kier alpha value is -0.810. The third-order valence-electron chi connectivity index (χ3n) is 3.46. The Bertz CT molecular complexity index is 337. The fourth-order valence-electron chi connectivity index (χ4n) is 2.24. The van der Waals surface area contributed by atoms with E-state index < -0.39 is 5.60 Å². The molecule has 2 unspecified atom stereocenters. The second kappa shape index (κ2) is 8.73. The van der Waals surface area contributed by atoms with E-state index in [1.165, 1.54) is 0 Å². The van der Waals surface area contributed by atoms with E-state index >= 15 is 0 Å². The molecule has 0 aromatic rings. The van der Waals surface area contributed by atoms with E-state index in [4.69, 9.17) is 9.47 Å². The van der Waals surface area contributed by atoms with Gasteiger partial charge in [-0.3, -0.25) is 0 Å². The zero-order valence-electron chi connectivity index (χ0n) is 15.9. The van der Waals surface area contributed by atoms with Crippen molar-refractivity contribution >= 4 is 6.09 Å². The number of nitrogens with zero attached hydrogens (tertiary/aromatic N) is 1. The summed E-state index contributed by atoms with van der Waals surface area (Å²) in [5, 5.41) is 3.51. The Morgan fingerprint density at radius 3 is 2.18 bits per heavy atom. The number of carbonyl (C=O) groups excluding carboxylic acids is 1. The van der Waals surface area contributed by atoms with Gasteiger partial charge in [0.05, 0.1) is 5.60 Å². The lowest BCUT2D eigenvalue weighted by Crippen LogP contribution is -2.41. The van der Waals surface area contributed by atoms with E-state index in [1.807, 2.05) is 20.8 Å². The van der Waals surface area contributed by atoms with Gasteiger partial charge in [-0.05, 0) is 60.4 Å². The first-order chi connectivity index (χ1) is 9.86. The van der Waals surface area contributed by atoms with Crippen LogP contribution in [0.2, 0.25) is 0 Å². The minimum atomic E-state index is -0.451. The monoisotopic (exact) mass is 316 g/mol. The molecule has 0 fully saturated rings. The maximum Gasteiger partial charge on any atom is 0.410 e. The quantitative estimate of drug-likeness (QED) is 0.746. The highest BCUT2D eigenvalue weighted by Gasteiger charge is 2.22. The lowest BCUT2D eigenvalue weighted by atomic mass is 9.99. The van der Waals surface area contributed by atoms with Gasteiger partial charge in [0.25, 0.3) is 0 Å². The number of amides is 1. The van der Waals surface area contributed by atoms with Gasteiger partial charge in [-0.25, -0.2) is 4.79 Å². The lowest BCUT2D eigenvalue weighted by Gasteiger charge is -2.29. The van der Waals surface area contributed by atoms with Gasteiger partial charge >= 0.3 is 6.09 Å². The molecular weight excluding hydrogens is 280 g/mol. The average molecular weight is 316 g/mol. The van der Waals surface area contributed by atoms with Crippen molar-refractivity contribution in [2.45, 2.75) is 72.1 Å².